The quantitative estimate of drug-likeness (QED) is 0.779. The zero-order valence-electron chi connectivity index (χ0n) is 11.9. The first-order valence-electron chi connectivity index (χ1n) is 7.09. The second-order valence-electron chi connectivity index (χ2n) is 5.72. The van der Waals surface area contributed by atoms with Gasteiger partial charge in [0.25, 0.3) is 5.91 Å². The molecule has 2 rings (SSSR count). The fraction of sp³-hybridized carbons (Fsp3) is 0.600. The lowest BCUT2D eigenvalue weighted by Crippen LogP contribution is -2.32. The molecule has 5 heteroatoms. The van der Waals surface area contributed by atoms with Gasteiger partial charge in [-0.1, -0.05) is 25.4 Å². The Morgan fingerprint density at radius 2 is 2.20 bits per heavy atom. The third-order valence-electron chi connectivity index (χ3n) is 4.04. The number of pyridine rings is 1. The van der Waals surface area contributed by atoms with Gasteiger partial charge in [-0.3, -0.25) is 4.79 Å². The van der Waals surface area contributed by atoms with Crippen molar-refractivity contribution < 1.29 is 9.18 Å². The first-order chi connectivity index (χ1) is 9.49. The van der Waals surface area contributed by atoms with Crippen molar-refractivity contribution >= 4 is 17.5 Å². The van der Waals surface area contributed by atoms with Gasteiger partial charge in [-0.2, -0.15) is 0 Å². The molecule has 1 aromatic heterocycles. The van der Waals surface area contributed by atoms with Gasteiger partial charge in [-0.25, -0.2) is 9.37 Å². The van der Waals surface area contributed by atoms with Gasteiger partial charge in [0, 0.05) is 13.1 Å². The Labute approximate surface area is 124 Å². The molecule has 0 N–H and O–H groups in total. The topological polar surface area (TPSA) is 33.2 Å². The standard InChI is InChI=1S/C15H20ClFN2O/c1-10(2)11-4-3-6-19(7-5-11)15(20)13-8-12(17)9-18-14(13)16/h8-11H,3-7H2,1-2H3. The van der Waals surface area contributed by atoms with E-state index in [0.29, 0.717) is 24.9 Å². The third kappa shape index (κ3) is 3.48. The molecule has 0 radical (unpaired) electrons. The maximum absolute atomic E-state index is 13.2. The van der Waals surface area contributed by atoms with Gasteiger partial charge >= 0.3 is 0 Å². The summed E-state index contributed by atoms with van der Waals surface area (Å²) in [6, 6.07) is 1.17. The van der Waals surface area contributed by atoms with Crippen LogP contribution in [0.4, 0.5) is 4.39 Å². The second kappa shape index (κ2) is 6.53. The summed E-state index contributed by atoms with van der Waals surface area (Å²) < 4.78 is 13.2. The minimum atomic E-state index is -0.535. The highest BCUT2D eigenvalue weighted by molar-refractivity contribution is 6.32. The number of nitrogens with zero attached hydrogens (tertiary/aromatic N) is 2. The number of amides is 1. The minimum Gasteiger partial charge on any atom is -0.339 e. The van der Waals surface area contributed by atoms with Gasteiger partial charge in [0.1, 0.15) is 11.0 Å². The number of hydrogen-bond donors (Lipinski definition) is 0. The molecule has 1 amide bonds. The highest BCUT2D eigenvalue weighted by atomic mass is 35.5. The van der Waals surface area contributed by atoms with E-state index in [-0.39, 0.29) is 16.6 Å². The summed E-state index contributed by atoms with van der Waals surface area (Å²) in [6.45, 7) is 5.84. The molecule has 3 nitrogen and oxygen atoms in total. The van der Waals surface area contributed by atoms with Crippen molar-refractivity contribution in [2.75, 3.05) is 13.1 Å². The van der Waals surface area contributed by atoms with Crippen LogP contribution in [0.3, 0.4) is 0 Å². The van der Waals surface area contributed by atoms with Gasteiger partial charge in [0.05, 0.1) is 11.8 Å². The first kappa shape index (κ1) is 15.2. The van der Waals surface area contributed by atoms with Crippen LogP contribution in [0.2, 0.25) is 5.15 Å². The summed E-state index contributed by atoms with van der Waals surface area (Å²) in [5.74, 6) is 0.525. The number of carbonyl (C=O) groups is 1. The monoisotopic (exact) mass is 298 g/mol. The lowest BCUT2D eigenvalue weighted by atomic mass is 9.89. The van der Waals surface area contributed by atoms with E-state index in [4.69, 9.17) is 11.6 Å². The Bertz CT molecular complexity index is 493. The van der Waals surface area contributed by atoms with E-state index in [2.05, 4.69) is 18.8 Å². The number of rotatable bonds is 2. The van der Waals surface area contributed by atoms with Crippen LogP contribution in [-0.2, 0) is 0 Å². The maximum Gasteiger partial charge on any atom is 0.257 e. The van der Waals surface area contributed by atoms with E-state index in [1.165, 1.54) is 6.07 Å². The van der Waals surface area contributed by atoms with Gasteiger partial charge in [-0.05, 0) is 37.2 Å². The molecule has 0 spiro atoms. The van der Waals surface area contributed by atoms with Crippen molar-refractivity contribution in [1.82, 2.24) is 9.88 Å². The summed E-state index contributed by atoms with van der Waals surface area (Å²) in [7, 11) is 0. The molecule has 1 atom stereocenters. The van der Waals surface area contributed by atoms with Crippen LogP contribution in [0.1, 0.15) is 43.5 Å². The average molecular weight is 299 g/mol. The lowest BCUT2D eigenvalue weighted by molar-refractivity contribution is 0.0758. The summed E-state index contributed by atoms with van der Waals surface area (Å²) >= 11 is 5.90. The summed E-state index contributed by atoms with van der Waals surface area (Å²) in [4.78, 5) is 17.9. The van der Waals surface area contributed by atoms with Crippen LogP contribution < -0.4 is 0 Å². The fourth-order valence-electron chi connectivity index (χ4n) is 2.73. The Balaban J connectivity index is 2.11. The first-order valence-corrected chi connectivity index (χ1v) is 7.47. The normalized spacial score (nSPS) is 20.1. The van der Waals surface area contributed by atoms with Crippen LogP contribution in [0, 0.1) is 17.7 Å². The molecule has 1 aromatic rings. The molecule has 1 unspecified atom stereocenters. The highest BCUT2D eigenvalue weighted by Crippen LogP contribution is 2.26. The summed E-state index contributed by atoms with van der Waals surface area (Å²) in [6.07, 6.45) is 4.13. The van der Waals surface area contributed by atoms with E-state index < -0.39 is 5.82 Å². The Hall–Kier alpha value is -1.16. The van der Waals surface area contributed by atoms with Crippen LogP contribution >= 0.6 is 11.6 Å². The minimum absolute atomic E-state index is 0.0704. The zero-order chi connectivity index (χ0) is 14.7. The van der Waals surface area contributed by atoms with E-state index in [1.807, 2.05) is 0 Å². The van der Waals surface area contributed by atoms with E-state index in [0.717, 1.165) is 25.5 Å². The average Bonchev–Trinajstić information content (AvgIpc) is 2.66. The van der Waals surface area contributed by atoms with E-state index in [1.54, 1.807) is 4.90 Å². The molecular formula is C15H20ClFN2O. The smallest absolute Gasteiger partial charge is 0.257 e. The molecule has 0 bridgehead atoms. The summed E-state index contributed by atoms with van der Waals surface area (Å²) in [5, 5.41) is 0.0704. The van der Waals surface area contributed by atoms with Crippen LogP contribution in [0.5, 0.6) is 0 Å². The zero-order valence-corrected chi connectivity index (χ0v) is 12.7. The van der Waals surface area contributed by atoms with Crippen molar-refractivity contribution in [2.45, 2.75) is 33.1 Å². The molecule has 0 aromatic carbocycles. The van der Waals surface area contributed by atoms with Crippen molar-refractivity contribution in [3.05, 3.63) is 28.8 Å². The Morgan fingerprint density at radius 3 is 2.90 bits per heavy atom. The molecule has 0 saturated carbocycles. The SMILES string of the molecule is CC(C)C1CCCN(C(=O)c2cc(F)cnc2Cl)CC1. The molecule has 110 valence electrons. The van der Waals surface area contributed by atoms with Gasteiger partial charge < -0.3 is 4.90 Å². The van der Waals surface area contributed by atoms with Crippen molar-refractivity contribution in [3.63, 3.8) is 0 Å². The van der Waals surface area contributed by atoms with E-state index >= 15 is 0 Å². The van der Waals surface area contributed by atoms with E-state index in [9.17, 15) is 9.18 Å². The predicted octanol–water partition coefficient (Wildman–Crippen LogP) is 3.77. The molecule has 1 fully saturated rings. The van der Waals surface area contributed by atoms with Gasteiger partial charge in [0.15, 0.2) is 0 Å². The summed E-state index contributed by atoms with van der Waals surface area (Å²) in [5.41, 5.74) is 0.162. The van der Waals surface area contributed by atoms with Crippen LogP contribution in [0.15, 0.2) is 12.3 Å². The van der Waals surface area contributed by atoms with Crippen molar-refractivity contribution in [2.24, 2.45) is 11.8 Å². The molecule has 1 aliphatic heterocycles. The number of halogens is 2. The molecule has 0 aliphatic carbocycles. The molecule has 2 heterocycles. The Morgan fingerprint density at radius 1 is 1.45 bits per heavy atom. The van der Waals surface area contributed by atoms with Crippen LogP contribution in [-0.4, -0.2) is 28.9 Å². The second-order valence-corrected chi connectivity index (χ2v) is 6.08. The van der Waals surface area contributed by atoms with Crippen molar-refractivity contribution in [1.29, 1.82) is 0 Å². The largest absolute Gasteiger partial charge is 0.339 e. The van der Waals surface area contributed by atoms with Gasteiger partial charge in [-0.15, -0.1) is 0 Å². The molecule has 1 aliphatic rings. The molecule has 1 saturated heterocycles. The predicted molar refractivity (Wildman–Crippen MR) is 77.3 cm³/mol. The maximum atomic E-state index is 13.2. The highest BCUT2D eigenvalue weighted by Gasteiger charge is 2.24. The number of hydrogen-bond acceptors (Lipinski definition) is 2. The number of carbonyl (C=O) groups excluding carboxylic acids is 1. The fourth-order valence-corrected chi connectivity index (χ4v) is 2.92. The Kier molecular flexibility index (Phi) is 4.97. The third-order valence-corrected chi connectivity index (χ3v) is 4.34. The lowest BCUT2D eigenvalue weighted by Gasteiger charge is -2.22. The van der Waals surface area contributed by atoms with Crippen molar-refractivity contribution in [3.8, 4) is 0 Å². The number of aromatic nitrogens is 1. The van der Waals surface area contributed by atoms with Gasteiger partial charge in [0.2, 0.25) is 0 Å². The number of likely N-dealkylation sites (tertiary alicyclic amines) is 1. The van der Waals surface area contributed by atoms with Crippen LogP contribution in [0.25, 0.3) is 0 Å². The molecular weight excluding hydrogens is 279 g/mol. The molecule has 20 heavy (non-hydrogen) atoms.